The van der Waals surface area contributed by atoms with E-state index in [2.05, 4.69) is 15.5 Å². The summed E-state index contributed by atoms with van der Waals surface area (Å²) in [5, 5.41) is 7.79. The number of nitrogens with zero attached hydrogens (tertiary/aromatic N) is 2. The van der Waals surface area contributed by atoms with E-state index < -0.39 is 0 Å². The lowest BCUT2D eigenvalue weighted by molar-refractivity contribution is 0.0945. The van der Waals surface area contributed by atoms with Crippen molar-refractivity contribution >= 4 is 17.2 Å². The molecule has 0 saturated heterocycles. The smallest absolute Gasteiger partial charge is 0.273 e. The number of carbonyl (C=O) groups is 1. The molecule has 6 heteroatoms. The number of rotatable bonds is 5. The quantitative estimate of drug-likeness (QED) is 0.922. The van der Waals surface area contributed by atoms with Gasteiger partial charge in [-0.2, -0.15) is 0 Å². The molecule has 0 radical (unpaired) electrons. The van der Waals surface area contributed by atoms with Crippen LogP contribution in [0.15, 0.2) is 10.6 Å². The highest BCUT2D eigenvalue weighted by atomic mass is 32.1. The van der Waals surface area contributed by atoms with Gasteiger partial charge in [0, 0.05) is 29.8 Å². The maximum Gasteiger partial charge on any atom is 0.273 e. The van der Waals surface area contributed by atoms with Gasteiger partial charge in [-0.15, -0.1) is 11.3 Å². The number of fused-ring (bicyclic) bond motifs is 1. The first-order valence-corrected chi connectivity index (χ1v) is 8.17. The second kappa shape index (κ2) is 5.97. The van der Waals surface area contributed by atoms with E-state index in [1.807, 2.05) is 13.8 Å². The molecule has 5 nitrogen and oxygen atoms in total. The Morgan fingerprint density at radius 3 is 3.05 bits per heavy atom. The molecular weight excluding hydrogens is 286 g/mol. The van der Waals surface area contributed by atoms with Crippen LogP contribution in [-0.2, 0) is 19.3 Å². The van der Waals surface area contributed by atoms with Gasteiger partial charge in [0.05, 0.1) is 10.7 Å². The zero-order valence-electron chi connectivity index (χ0n) is 12.3. The molecule has 112 valence electrons. The van der Waals surface area contributed by atoms with Gasteiger partial charge < -0.3 is 9.84 Å². The van der Waals surface area contributed by atoms with Gasteiger partial charge in [0.2, 0.25) is 0 Å². The normalized spacial score (nSPS) is 13.7. The van der Waals surface area contributed by atoms with Crippen molar-refractivity contribution in [3.63, 3.8) is 0 Å². The average molecular weight is 305 g/mol. The average Bonchev–Trinajstić information content (AvgIpc) is 3.13. The van der Waals surface area contributed by atoms with E-state index in [1.54, 1.807) is 17.4 Å². The van der Waals surface area contributed by atoms with E-state index in [0.717, 1.165) is 30.0 Å². The lowest BCUT2D eigenvalue weighted by atomic mass is 10.1. The minimum atomic E-state index is -0.185. The molecular formula is C15H19N3O2S. The summed E-state index contributed by atoms with van der Waals surface area (Å²) < 4.78 is 5.13. The van der Waals surface area contributed by atoms with Crippen molar-refractivity contribution in [3.8, 4) is 0 Å². The van der Waals surface area contributed by atoms with E-state index >= 15 is 0 Å². The molecule has 0 bridgehead atoms. The molecule has 21 heavy (non-hydrogen) atoms. The van der Waals surface area contributed by atoms with Gasteiger partial charge in [-0.1, -0.05) is 19.0 Å². The molecule has 0 unspecified atom stereocenters. The van der Waals surface area contributed by atoms with Gasteiger partial charge in [0.25, 0.3) is 5.91 Å². The first kappa shape index (κ1) is 14.3. The van der Waals surface area contributed by atoms with E-state index in [0.29, 0.717) is 12.2 Å². The van der Waals surface area contributed by atoms with E-state index in [9.17, 15) is 4.79 Å². The summed E-state index contributed by atoms with van der Waals surface area (Å²) in [5.74, 6) is 0.781. The highest BCUT2D eigenvalue weighted by molar-refractivity contribution is 7.11. The van der Waals surface area contributed by atoms with Crippen molar-refractivity contribution in [1.29, 1.82) is 0 Å². The van der Waals surface area contributed by atoms with Crippen molar-refractivity contribution in [2.24, 2.45) is 0 Å². The number of hydrogen-bond donors (Lipinski definition) is 1. The van der Waals surface area contributed by atoms with Crippen LogP contribution in [0.25, 0.3) is 0 Å². The number of hydrogen-bond acceptors (Lipinski definition) is 5. The number of aryl methyl sites for hydroxylation is 2. The fourth-order valence-electron chi connectivity index (χ4n) is 2.39. The number of amides is 1. The summed E-state index contributed by atoms with van der Waals surface area (Å²) in [6.45, 7) is 4.59. The maximum atomic E-state index is 12.0. The molecule has 2 aromatic rings. The fourth-order valence-corrected chi connectivity index (χ4v) is 3.55. The van der Waals surface area contributed by atoms with Gasteiger partial charge in [0.1, 0.15) is 5.76 Å². The highest BCUT2D eigenvalue weighted by Crippen LogP contribution is 2.27. The minimum absolute atomic E-state index is 0.185. The summed E-state index contributed by atoms with van der Waals surface area (Å²) >= 11 is 1.78. The molecule has 0 spiro atoms. The van der Waals surface area contributed by atoms with Crippen molar-refractivity contribution < 1.29 is 9.32 Å². The number of nitrogens with one attached hydrogen (secondary N) is 1. The lowest BCUT2D eigenvalue weighted by Gasteiger charge is -2.00. The molecule has 0 aromatic carbocycles. The highest BCUT2D eigenvalue weighted by Gasteiger charge is 2.17. The molecule has 2 aromatic heterocycles. The van der Waals surface area contributed by atoms with Crippen molar-refractivity contribution in [2.45, 2.75) is 45.4 Å². The molecule has 0 saturated carbocycles. The van der Waals surface area contributed by atoms with Crippen LogP contribution in [0.2, 0.25) is 0 Å². The van der Waals surface area contributed by atoms with E-state index in [-0.39, 0.29) is 11.8 Å². The molecule has 2 heterocycles. The zero-order chi connectivity index (χ0) is 14.8. The zero-order valence-corrected chi connectivity index (χ0v) is 13.1. The number of thiazole rings is 1. The molecule has 1 amide bonds. The number of carbonyl (C=O) groups excluding carboxylic acids is 1. The molecule has 1 aliphatic rings. The topological polar surface area (TPSA) is 68.0 Å². The van der Waals surface area contributed by atoms with Gasteiger partial charge >= 0.3 is 0 Å². The van der Waals surface area contributed by atoms with Gasteiger partial charge in [0.15, 0.2) is 5.69 Å². The van der Waals surface area contributed by atoms with Crippen LogP contribution in [0.1, 0.15) is 58.0 Å². The molecule has 3 rings (SSSR count). The van der Waals surface area contributed by atoms with Crippen LogP contribution in [0.5, 0.6) is 0 Å². The van der Waals surface area contributed by atoms with Crippen LogP contribution in [0.4, 0.5) is 0 Å². The monoisotopic (exact) mass is 305 g/mol. The molecule has 1 aliphatic carbocycles. The molecule has 1 N–H and O–H groups in total. The van der Waals surface area contributed by atoms with E-state index in [4.69, 9.17) is 4.52 Å². The van der Waals surface area contributed by atoms with E-state index in [1.165, 1.54) is 17.0 Å². The summed E-state index contributed by atoms with van der Waals surface area (Å²) in [7, 11) is 0. The van der Waals surface area contributed by atoms with Crippen LogP contribution >= 0.6 is 11.3 Å². The largest absolute Gasteiger partial charge is 0.360 e. The SMILES string of the molecule is CC(C)c1cc(C(=O)NCCc2nc3c(s2)CCC3)no1. The van der Waals surface area contributed by atoms with Crippen molar-refractivity contribution in [1.82, 2.24) is 15.5 Å². The molecule has 0 fully saturated rings. The first-order chi connectivity index (χ1) is 10.1. The Hall–Kier alpha value is -1.69. The Labute approximate surface area is 127 Å². The summed E-state index contributed by atoms with van der Waals surface area (Å²) in [6.07, 6.45) is 4.28. The third-order valence-electron chi connectivity index (χ3n) is 3.59. The predicted molar refractivity (Wildman–Crippen MR) is 80.8 cm³/mol. The third kappa shape index (κ3) is 3.15. The van der Waals surface area contributed by atoms with Crippen molar-refractivity contribution in [2.75, 3.05) is 6.54 Å². The van der Waals surface area contributed by atoms with Gasteiger partial charge in [-0.05, 0) is 19.3 Å². The molecule has 0 atom stereocenters. The van der Waals surface area contributed by atoms with Crippen LogP contribution in [0.3, 0.4) is 0 Å². The van der Waals surface area contributed by atoms with Crippen molar-refractivity contribution in [3.05, 3.63) is 33.1 Å². The Kier molecular flexibility index (Phi) is 4.05. The van der Waals surface area contributed by atoms with Gasteiger partial charge in [-0.25, -0.2) is 4.98 Å². The standard InChI is InChI=1S/C15H19N3O2S/c1-9(2)12-8-11(18-20-12)15(19)16-7-6-14-17-10-4-3-5-13(10)21-14/h8-9H,3-7H2,1-2H3,(H,16,19). The second-order valence-corrected chi connectivity index (χ2v) is 6.77. The predicted octanol–water partition coefficient (Wildman–Crippen LogP) is 2.72. The van der Waals surface area contributed by atoms with Crippen LogP contribution < -0.4 is 5.32 Å². The fraction of sp³-hybridized carbons (Fsp3) is 0.533. The summed E-state index contributed by atoms with van der Waals surface area (Å²) in [5.41, 5.74) is 1.61. The van der Waals surface area contributed by atoms with Crippen LogP contribution in [-0.4, -0.2) is 22.6 Å². The Balaban J connectivity index is 1.51. The Morgan fingerprint density at radius 1 is 1.48 bits per heavy atom. The Bertz CT molecular complexity index is 624. The summed E-state index contributed by atoms with van der Waals surface area (Å²) in [6, 6.07) is 1.71. The second-order valence-electron chi connectivity index (χ2n) is 5.61. The van der Waals surface area contributed by atoms with Crippen LogP contribution in [0, 0.1) is 0 Å². The molecule has 0 aliphatic heterocycles. The maximum absolute atomic E-state index is 12.0. The summed E-state index contributed by atoms with van der Waals surface area (Å²) in [4.78, 5) is 18.0. The number of aromatic nitrogens is 2. The van der Waals surface area contributed by atoms with Gasteiger partial charge in [-0.3, -0.25) is 4.79 Å². The first-order valence-electron chi connectivity index (χ1n) is 7.35. The Morgan fingerprint density at radius 2 is 2.33 bits per heavy atom. The lowest BCUT2D eigenvalue weighted by Crippen LogP contribution is -2.25. The minimum Gasteiger partial charge on any atom is -0.360 e. The third-order valence-corrected chi connectivity index (χ3v) is 4.81.